The Hall–Kier alpha value is -2.76. The predicted molar refractivity (Wildman–Crippen MR) is 105 cm³/mol. The summed E-state index contributed by atoms with van der Waals surface area (Å²) < 4.78 is 26.4. The number of carbonyl (C=O) groups is 1. The highest BCUT2D eigenvalue weighted by molar-refractivity contribution is 9.10. The summed E-state index contributed by atoms with van der Waals surface area (Å²) >= 11 is 3.10. The normalized spacial score (nSPS) is 10.8. The molecule has 1 heterocycles. The van der Waals surface area contributed by atoms with Gasteiger partial charge in [-0.3, -0.25) is 0 Å². The first kappa shape index (κ1) is 20.0. The number of nitrogens with zero attached hydrogens (tertiary/aromatic N) is 3. The van der Waals surface area contributed by atoms with Gasteiger partial charge in [-0.05, 0) is 45.8 Å². The Labute approximate surface area is 169 Å². The van der Waals surface area contributed by atoms with Crippen LogP contribution in [0.5, 0.6) is 0 Å². The van der Waals surface area contributed by atoms with Crippen molar-refractivity contribution in [2.24, 2.45) is 0 Å². The smallest absolute Gasteiger partial charge is 0.337 e. The van der Waals surface area contributed by atoms with E-state index in [0.29, 0.717) is 35.6 Å². The number of nitriles is 1. The minimum Gasteiger partial charge on any atom is -0.465 e. The highest BCUT2D eigenvalue weighted by Crippen LogP contribution is 2.26. The summed E-state index contributed by atoms with van der Waals surface area (Å²) in [5.41, 5.74) is 2.36. The summed E-state index contributed by atoms with van der Waals surface area (Å²) in [7, 11) is 2.92. The maximum absolute atomic E-state index is 14.3. The third-order valence-corrected chi connectivity index (χ3v) is 5.02. The van der Waals surface area contributed by atoms with E-state index in [-0.39, 0.29) is 16.5 Å². The van der Waals surface area contributed by atoms with Crippen molar-refractivity contribution in [1.82, 2.24) is 9.55 Å². The zero-order valence-electron chi connectivity index (χ0n) is 15.3. The second kappa shape index (κ2) is 8.50. The number of imidazole rings is 1. The Bertz CT molecular complexity index is 1090. The first-order valence-corrected chi connectivity index (χ1v) is 9.22. The molecule has 0 fully saturated rings. The number of benzene rings is 2. The van der Waals surface area contributed by atoms with Crippen LogP contribution in [-0.2, 0) is 22.4 Å². The Morgan fingerprint density at radius 2 is 2.11 bits per heavy atom. The molecule has 0 amide bonds. The number of fused-ring (bicyclic) bond motifs is 1. The molecule has 0 atom stereocenters. The SMILES string of the molecule is COCCn1c(Cc2ccc(Br)c(F)c2C#N)nc2ccc(C(=O)OC)cc21. The molecule has 3 aromatic rings. The van der Waals surface area contributed by atoms with Gasteiger partial charge in [-0.15, -0.1) is 0 Å². The standard InChI is InChI=1S/C20H17BrFN3O3/c1-27-8-7-25-17-9-13(20(26)28-2)4-6-16(17)24-18(25)10-12-3-5-15(21)19(22)14(12)11-23/h3-6,9H,7-8,10H2,1-2H3. The number of methoxy groups -OCH3 is 2. The molecule has 0 aliphatic heterocycles. The zero-order chi connectivity index (χ0) is 20.3. The number of esters is 1. The van der Waals surface area contributed by atoms with E-state index in [2.05, 4.69) is 20.9 Å². The van der Waals surface area contributed by atoms with E-state index >= 15 is 0 Å². The minimum atomic E-state index is -0.590. The highest BCUT2D eigenvalue weighted by atomic mass is 79.9. The zero-order valence-corrected chi connectivity index (χ0v) is 16.9. The average Bonchev–Trinajstić information content (AvgIpc) is 3.05. The van der Waals surface area contributed by atoms with Gasteiger partial charge in [0.15, 0.2) is 5.82 Å². The molecule has 144 valence electrons. The van der Waals surface area contributed by atoms with Crippen molar-refractivity contribution in [3.63, 3.8) is 0 Å². The maximum atomic E-state index is 14.3. The van der Waals surface area contributed by atoms with E-state index in [1.54, 1.807) is 37.4 Å². The third kappa shape index (κ3) is 3.77. The molecule has 0 bridgehead atoms. The van der Waals surface area contributed by atoms with Gasteiger partial charge in [-0.2, -0.15) is 5.26 Å². The van der Waals surface area contributed by atoms with Gasteiger partial charge < -0.3 is 14.0 Å². The van der Waals surface area contributed by atoms with Crippen LogP contribution < -0.4 is 0 Å². The topological polar surface area (TPSA) is 77.1 Å². The lowest BCUT2D eigenvalue weighted by Crippen LogP contribution is -2.10. The van der Waals surface area contributed by atoms with Gasteiger partial charge in [0.1, 0.15) is 11.9 Å². The molecule has 8 heteroatoms. The number of carbonyl (C=O) groups excluding carboxylic acids is 1. The lowest BCUT2D eigenvalue weighted by atomic mass is 10.0. The summed E-state index contributed by atoms with van der Waals surface area (Å²) in [5.74, 6) is -0.385. The van der Waals surface area contributed by atoms with Gasteiger partial charge in [0.2, 0.25) is 0 Å². The molecule has 0 saturated heterocycles. The van der Waals surface area contributed by atoms with E-state index in [0.717, 1.165) is 5.52 Å². The van der Waals surface area contributed by atoms with Crippen LogP contribution in [0.15, 0.2) is 34.8 Å². The molecule has 3 rings (SSSR count). The van der Waals surface area contributed by atoms with Crippen molar-refractivity contribution in [3.8, 4) is 6.07 Å². The maximum Gasteiger partial charge on any atom is 0.337 e. The number of rotatable bonds is 6. The van der Waals surface area contributed by atoms with Crippen LogP contribution in [0.3, 0.4) is 0 Å². The van der Waals surface area contributed by atoms with Crippen LogP contribution in [0.1, 0.15) is 27.3 Å². The highest BCUT2D eigenvalue weighted by Gasteiger charge is 2.18. The van der Waals surface area contributed by atoms with Crippen LogP contribution in [0, 0.1) is 17.1 Å². The molecule has 28 heavy (non-hydrogen) atoms. The van der Waals surface area contributed by atoms with Crippen molar-refractivity contribution in [1.29, 1.82) is 5.26 Å². The molecular formula is C20H17BrFN3O3. The summed E-state index contributed by atoms with van der Waals surface area (Å²) in [6.45, 7) is 0.925. The number of aromatic nitrogens is 2. The fourth-order valence-electron chi connectivity index (χ4n) is 3.01. The van der Waals surface area contributed by atoms with Gasteiger partial charge in [0.05, 0.1) is 40.3 Å². The summed E-state index contributed by atoms with van der Waals surface area (Å²) in [5, 5.41) is 9.37. The van der Waals surface area contributed by atoms with E-state index in [4.69, 9.17) is 9.47 Å². The van der Waals surface area contributed by atoms with Crippen molar-refractivity contribution < 1.29 is 18.7 Å². The number of hydrogen-bond acceptors (Lipinski definition) is 5. The number of halogens is 2. The monoisotopic (exact) mass is 445 g/mol. The van der Waals surface area contributed by atoms with Crippen LogP contribution in [0.2, 0.25) is 0 Å². The average molecular weight is 446 g/mol. The lowest BCUT2D eigenvalue weighted by Gasteiger charge is -2.11. The molecule has 0 unspecified atom stereocenters. The molecule has 6 nitrogen and oxygen atoms in total. The Morgan fingerprint density at radius 1 is 1.32 bits per heavy atom. The largest absolute Gasteiger partial charge is 0.465 e. The molecule has 0 aliphatic rings. The van der Waals surface area contributed by atoms with Crippen molar-refractivity contribution in [2.75, 3.05) is 20.8 Å². The lowest BCUT2D eigenvalue weighted by molar-refractivity contribution is 0.0601. The van der Waals surface area contributed by atoms with Gasteiger partial charge in [0, 0.05) is 20.1 Å². The molecule has 0 radical (unpaired) electrons. The van der Waals surface area contributed by atoms with E-state index in [1.165, 1.54) is 7.11 Å². The van der Waals surface area contributed by atoms with Gasteiger partial charge in [0.25, 0.3) is 0 Å². The third-order valence-electron chi connectivity index (χ3n) is 4.41. The molecule has 2 aromatic carbocycles. The van der Waals surface area contributed by atoms with E-state index in [1.807, 2.05) is 10.6 Å². The Kier molecular flexibility index (Phi) is 6.07. The first-order chi connectivity index (χ1) is 13.5. The second-order valence-corrected chi connectivity index (χ2v) is 6.91. The fraction of sp³-hybridized carbons (Fsp3) is 0.250. The molecule has 0 N–H and O–H groups in total. The van der Waals surface area contributed by atoms with Crippen molar-refractivity contribution in [2.45, 2.75) is 13.0 Å². The van der Waals surface area contributed by atoms with E-state index < -0.39 is 11.8 Å². The van der Waals surface area contributed by atoms with Crippen LogP contribution in [0.25, 0.3) is 11.0 Å². The van der Waals surface area contributed by atoms with Crippen molar-refractivity contribution >= 4 is 32.9 Å². The second-order valence-electron chi connectivity index (χ2n) is 6.05. The Balaban J connectivity index is 2.11. The summed E-state index contributed by atoms with van der Waals surface area (Å²) in [4.78, 5) is 16.5. The quantitative estimate of drug-likeness (QED) is 0.538. The Morgan fingerprint density at radius 3 is 2.79 bits per heavy atom. The van der Waals surface area contributed by atoms with Crippen LogP contribution >= 0.6 is 15.9 Å². The van der Waals surface area contributed by atoms with Gasteiger partial charge in [-0.25, -0.2) is 14.2 Å². The van der Waals surface area contributed by atoms with Gasteiger partial charge in [-0.1, -0.05) is 6.07 Å². The number of hydrogen-bond donors (Lipinski definition) is 0. The molecule has 1 aromatic heterocycles. The molecule has 0 saturated carbocycles. The predicted octanol–water partition coefficient (Wildman–Crippen LogP) is 3.83. The summed E-state index contributed by atoms with van der Waals surface area (Å²) in [6, 6.07) is 10.3. The number of ether oxygens (including phenoxy) is 2. The molecule has 0 aliphatic carbocycles. The fourth-order valence-corrected chi connectivity index (χ4v) is 3.34. The van der Waals surface area contributed by atoms with E-state index in [9.17, 15) is 14.4 Å². The van der Waals surface area contributed by atoms with Crippen LogP contribution in [0.4, 0.5) is 4.39 Å². The first-order valence-electron chi connectivity index (χ1n) is 8.43. The molecular weight excluding hydrogens is 429 g/mol. The minimum absolute atomic E-state index is 0.0185. The van der Waals surface area contributed by atoms with Crippen molar-refractivity contribution in [3.05, 3.63) is 63.1 Å². The van der Waals surface area contributed by atoms with Gasteiger partial charge >= 0.3 is 5.97 Å². The summed E-state index contributed by atoms with van der Waals surface area (Å²) in [6.07, 6.45) is 0.263. The molecule has 0 spiro atoms. The van der Waals surface area contributed by atoms with Crippen LogP contribution in [-0.4, -0.2) is 36.3 Å².